The van der Waals surface area contributed by atoms with Crippen LogP contribution < -0.4 is 0 Å². The number of hydrogen-bond donors (Lipinski definition) is 0. The fourth-order valence-corrected chi connectivity index (χ4v) is 1.21. The second-order valence-electron chi connectivity index (χ2n) is 2.57. The van der Waals surface area contributed by atoms with Gasteiger partial charge < -0.3 is 0 Å². The van der Waals surface area contributed by atoms with Crippen LogP contribution in [-0.2, 0) is 11.2 Å². The summed E-state index contributed by atoms with van der Waals surface area (Å²) in [5.74, 6) is 0. The Morgan fingerprint density at radius 2 is 2.08 bits per heavy atom. The number of isocyanates is 1. The van der Waals surface area contributed by atoms with Crippen LogP contribution >= 0.6 is 15.9 Å². The lowest BCUT2D eigenvalue weighted by molar-refractivity contribution is 0.564. The lowest BCUT2D eigenvalue weighted by atomic mass is 10.1. The summed E-state index contributed by atoms with van der Waals surface area (Å²) in [6.07, 6.45) is 2.05. The fourth-order valence-electron chi connectivity index (χ4n) is 0.942. The van der Waals surface area contributed by atoms with Crippen LogP contribution in [0.15, 0.2) is 46.0 Å². The summed E-state index contributed by atoms with van der Waals surface area (Å²) in [5.41, 5.74) is 1.60. The Bertz CT molecular complexity index is 350. The van der Waals surface area contributed by atoms with Gasteiger partial charge in [0, 0.05) is 10.9 Å². The summed E-state index contributed by atoms with van der Waals surface area (Å²) >= 11 is 3.33. The molecule has 0 aliphatic rings. The Morgan fingerprint density at radius 3 is 2.62 bits per heavy atom. The van der Waals surface area contributed by atoms with Gasteiger partial charge in [0.05, 0.1) is 5.70 Å². The predicted molar refractivity (Wildman–Crippen MR) is 55.1 cm³/mol. The van der Waals surface area contributed by atoms with Crippen molar-refractivity contribution in [3.05, 3.63) is 46.6 Å². The fraction of sp³-hybridized carbons (Fsp3) is 0.100. The molecule has 13 heavy (non-hydrogen) atoms. The van der Waals surface area contributed by atoms with Gasteiger partial charge >= 0.3 is 0 Å². The number of aliphatic imine (C=N–C) groups is 1. The van der Waals surface area contributed by atoms with E-state index in [1.165, 1.54) is 6.08 Å². The third-order valence-corrected chi connectivity index (χ3v) is 2.05. The second kappa shape index (κ2) is 4.75. The third kappa shape index (κ3) is 3.36. The van der Waals surface area contributed by atoms with E-state index in [-0.39, 0.29) is 0 Å². The van der Waals surface area contributed by atoms with E-state index in [0.717, 1.165) is 10.0 Å². The van der Waals surface area contributed by atoms with E-state index in [4.69, 9.17) is 0 Å². The molecule has 1 aromatic rings. The summed E-state index contributed by atoms with van der Waals surface area (Å²) in [5, 5.41) is 0. The maximum absolute atomic E-state index is 9.90. The largest absolute Gasteiger partial charge is 0.240 e. The molecule has 2 nitrogen and oxygen atoms in total. The average Bonchev–Trinajstić information content (AvgIpc) is 2.09. The number of hydrogen-bond acceptors (Lipinski definition) is 2. The number of nitrogens with zero attached hydrogens (tertiary/aromatic N) is 1. The molecule has 0 saturated carbocycles. The zero-order valence-electron chi connectivity index (χ0n) is 6.96. The van der Waals surface area contributed by atoms with Gasteiger partial charge in [0.2, 0.25) is 6.08 Å². The van der Waals surface area contributed by atoms with E-state index in [1.54, 1.807) is 0 Å². The molecule has 0 amide bonds. The smallest absolute Gasteiger partial charge is 0.211 e. The number of carbonyl (C=O) groups excluding carboxylic acids is 1. The van der Waals surface area contributed by atoms with Crippen LogP contribution in [0, 0.1) is 0 Å². The molecule has 0 radical (unpaired) electrons. The van der Waals surface area contributed by atoms with Crippen molar-refractivity contribution in [1.82, 2.24) is 0 Å². The Kier molecular flexibility index (Phi) is 3.62. The van der Waals surface area contributed by atoms with Gasteiger partial charge in [-0.05, 0) is 17.7 Å². The first-order valence-electron chi connectivity index (χ1n) is 3.72. The molecule has 0 fully saturated rings. The summed E-state index contributed by atoms with van der Waals surface area (Å²) in [7, 11) is 0. The Labute approximate surface area is 85.1 Å². The predicted octanol–water partition coefficient (Wildman–Crippen LogP) is 2.84. The average molecular weight is 238 g/mol. The molecule has 0 atom stereocenters. The van der Waals surface area contributed by atoms with E-state index in [1.807, 2.05) is 24.3 Å². The first kappa shape index (κ1) is 9.90. The number of benzene rings is 1. The molecule has 0 unspecified atom stereocenters. The standard InChI is InChI=1S/C10H8BrNO/c1-8(12-7-13)6-9-2-4-10(11)5-3-9/h2-5H,1,6H2. The molecule has 0 heterocycles. The van der Waals surface area contributed by atoms with Crippen molar-refractivity contribution < 1.29 is 4.79 Å². The molecule has 66 valence electrons. The van der Waals surface area contributed by atoms with Gasteiger partial charge in [-0.2, -0.15) is 4.99 Å². The maximum atomic E-state index is 9.90. The molecule has 0 spiro atoms. The first-order valence-corrected chi connectivity index (χ1v) is 4.52. The molecular formula is C10H8BrNO. The third-order valence-electron chi connectivity index (χ3n) is 1.53. The van der Waals surface area contributed by atoms with Gasteiger partial charge in [0.25, 0.3) is 0 Å². The minimum atomic E-state index is 0.525. The lowest BCUT2D eigenvalue weighted by Gasteiger charge is -1.98. The highest BCUT2D eigenvalue weighted by Gasteiger charge is 1.95. The van der Waals surface area contributed by atoms with Crippen LogP contribution in [0.4, 0.5) is 0 Å². The highest BCUT2D eigenvalue weighted by Crippen LogP contribution is 2.13. The zero-order valence-corrected chi connectivity index (χ0v) is 8.54. The Hall–Kier alpha value is -1.18. The topological polar surface area (TPSA) is 29.4 Å². The summed E-state index contributed by atoms with van der Waals surface area (Å²) in [4.78, 5) is 13.3. The minimum absolute atomic E-state index is 0.525. The maximum Gasteiger partial charge on any atom is 0.240 e. The highest BCUT2D eigenvalue weighted by molar-refractivity contribution is 9.10. The van der Waals surface area contributed by atoms with Crippen molar-refractivity contribution in [2.45, 2.75) is 6.42 Å². The van der Waals surface area contributed by atoms with Crippen LogP contribution in [0.1, 0.15) is 5.56 Å². The van der Waals surface area contributed by atoms with Gasteiger partial charge in [-0.25, -0.2) is 4.79 Å². The molecule has 0 aliphatic carbocycles. The minimum Gasteiger partial charge on any atom is -0.211 e. The van der Waals surface area contributed by atoms with E-state index in [2.05, 4.69) is 27.5 Å². The van der Waals surface area contributed by atoms with E-state index < -0.39 is 0 Å². The number of allylic oxidation sites excluding steroid dienone is 1. The molecule has 0 N–H and O–H groups in total. The van der Waals surface area contributed by atoms with Gasteiger partial charge in [0.15, 0.2) is 0 Å². The lowest BCUT2D eigenvalue weighted by Crippen LogP contribution is -1.85. The van der Waals surface area contributed by atoms with E-state index in [0.29, 0.717) is 12.1 Å². The molecule has 0 saturated heterocycles. The van der Waals surface area contributed by atoms with Crippen molar-refractivity contribution in [2.75, 3.05) is 0 Å². The Balaban J connectivity index is 2.69. The van der Waals surface area contributed by atoms with Crippen molar-refractivity contribution in [1.29, 1.82) is 0 Å². The monoisotopic (exact) mass is 237 g/mol. The van der Waals surface area contributed by atoms with Crippen LogP contribution in [0.2, 0.25) is 0 Å². The van der Waals surface area contributed by atoms with E-state index in [9.17, 15) is 4.79 Å². The molecular weight excluding hydrogens is 230 g/mol. The summed E-state index contributed by atoms with van der Waals surface area (Å²) in [6.45, 7) is 3.62. The van der Waals surface area contributed by atoms with Crippen LogP contribution in [-0.4, -0.2) is 6.08 Å². The molecule has 1 rings (SSSR count). The van der Waals surface area contributed by atoms with Gasteiger partial charge in [-0.3, -0.25) is 0 Å². The van der Waals surface area contributed by atoms with Crippen molar-refractivity contribution >= 4 is 22.0 Å². The summed E-state index contributed by atoms with van der Waals surface area (Å²) in [6, 6.07) is 7.78. The van der Waals surface area contributed by atoms with Crippen molar-refractivity contribution in [3.8, 4) is 0 Å². The van der Waals surface area contributed by atoms with Crippen molar-refractivity contribution in [3.63, 3.8) is 0 Å². The highest BCUT2D eigenvalue weighted by atomic mass is 79.9. The first-order chi connectivity index (χ1) is 6.22. The van der Waals surface area contributed by atoms with Gasteiger partial charge in [-0.1, -0.05) is 34.6 Å². The van der Waals surface area contributed by atoms with Gasteiger partial charge in [-0.15, -0.1) is 0 Å². The molecule has 0 aliphatic heterocycles. The molecule has 0 bridgehead atoms. The zero-order chi connectivity index (χ0) is 9.68. The van der Waals surface area contributed by atoms with Gasteiger partial charge in [0.1, 0.15) is 0 Å². The van der Waals surface area contributed by atoms with Crippen molar-refractivity contribution in [2.24, 2.45) is 4.99 Å². The molecule has 3 heteroatoms. The Morgan fingerprint density at radius 1 is 1.46 bits per heavy atom. The van der Waals surface area contributed by atoms with E-state index >= 15 is 0 Å². The normalized spacial score (nSPS) is 9.00. The SMILES string of the molecule is C=C(Cc1ccc(Br)cc1)N=C=O. The molecule has 1 aromatic carbocycles. The molecule has 0 aromatic heterocycles. The van der Waals surface area contributed by atoms with Crippen LogP contribution in [0.5, 0.6) is 0 Å². The van der Waals surface area contributed by atoms with Crippen LogP contribution in [0.3, 0.4) is 0 Å². The number of rotatable bonds is 3. The van der Waals surface area contributed by atoms with Crippen LogP contribution in [0.25, 0.3) is 0 Å². The number of halogens is 1. The second-order valence-corrected chi connectivity index (χ2v) is 3.49. The quantitative estimate of drug-likeness (QED) is 0.588. The summed E-state index contributed by atoms with van der Waals surface area (Å²) < 4.78 is 1.03.